The average molecular weight is 215 g/mol. The minimum atomic E-state index is 0.0455. The number of rotatable bonds is 3. The van der Waals surface area contributed by atoms with E-state index < -0.39 is 0 Å². The van der Waals surface area contributed by atoms with Gasteiger partial charge in [-0.2, -0.15) is 0 Å². The third-order valence-corrected chi connectivity index (χ3v) is 2.43. The summed E-state index contributed by atoms with van der Waals surface area (Å²) in [6.45, 7) is 3.57. The quantitative estimate of drug-likeness (QED) is 0.739. The van der Waals surface area contributed by atoms with Gasteiger partial charge in [0.2, 0.25) is 5.89 Å². The standard InChI is InChI=1S/C13H13NO2/c1-3-12-8-16-13(14-12)11-6-4-5-10(7-11)9(2)15/h4-8H,3H2,1-2H3. The Hall–Kier alpha value is -1.90. The smallest absolute Gasteiger partial charge is 0.226 e. The Kier molecular flexibility index (Phi) is 2.86. The fourth-order valence-electron chi connectivity index (χ4n) is 1.47. The van der Waals surface area contributed by atoms with E-state index in [1.807, 2.05) is 19.1 Å². The zero-order valence-corrected chi connectivity index (χ0v) is 9.36. The summed E-state index contributed by atoms with van der Waals surface area (Å²) >= 11 is 0. The maximum atomic E-state index is 11.2. The first-order valence-electron chi connectivity index (χ1n) is 5.26. The molecule has 0 saturated carbocycles. The molecule has 0 aliphatic carbocycles. The van der Waals surface area contributed by atoms with Crippen molar-refractivity contribution >= 4 is 5.78 Å². The lowest BCUT2D eigenvalue weighted by Crippen LogP contribution is -1.91. The van der Waals surface area contributed by atoms with Crippen molar-refractivity contribution in [3.63, 3.8) is 0 Å². The van der Waals surface area contributed by atoms with Crippen molar-refractivity contribution in [3.8, 4) is 11.5 Å². The molecule has 0 radical (unpaired) electrons. The highest BCUT2D eigenvalue weighted by Gasteiger charge is 2.07. The number of ketones is 1. The molecule has 0 N–H and O–H groups in total. The molecular weight excluding hydrogens is 202 g/mol. The van der Waals surface area contributed by atoms with E-state index in [9.17, 15) is 4.79 Å². The molecule has 0 aliphatic heterocycles. The Bertz CT molecular complexity index is 514. The zero-order chi connectivity index (χ0) is 11.5. The van der Waals surface area contributed by atoms with Crippen molar-refractivity contribution in [3.05, 3.63) is 41.8 Å². The van der Waals surface area contributed by atoms with Crippen molar-refractivity contribution in [2.24, 2.45) is 0 Å². The second kappa shape index (κ2) is 4.31. The van der Waals surface area contributed by atoms with Gasteiger partial charge in [0, 0.05) is 11.1 Å². The van der Waals surface area contributed by atoms with Crippen LogP contribution in [0, 0.1) is 0 Å². The van der Waals surface area contributed by atoms with Gasteiger partial charge >= 0.3 is 0 Å². The Morgan fingerprint density at radius 2 is 2.25 bits per heavy atom. The molecule has 0 fully saturated rings. The number of aryl methyl sites for hydroxylation is 1. The van der Waals surface area contributed by atoms with E-state index in [1.165, 1.54) is 0 Å². The summed E-state index contributed by atoms with van der Waals surface area (Å²) in [6, 6.07) is 7.31. The SMILES string of the molecule is CCc1coc(-c2cccc(C(C)=O)c2)n1. The maximum Gasteiger partial charge on any atom is 0.226 e. The van der Waals surface area contributed by atoms with Gasteiger partial charge in [-0.1, -0.05) is 19.1 Å². The predicted octanol–water partition coefficient (Wildman–Crippen LogP) is 3.11. The molecule has 0 aliphatic rings. The molecule has 3 heteroatoms. The molecule has 0 saturated heterocycles. The van der Waals surface area contributed by atoms with Crippen LogP contribution in [0.5, 0.6) is 0 Å². The summed E-state index contributed by atoms with van der Waals surface area (Å²) in [5.74, 6) is 0.615. The number of Topliss-reactive ketones (excluding diaryl/α,β-unsaturated/α-hetero) is 1. The summed E-state index contributed by atoms with van der Waals surface area (Å²) in [4.78, 5) is 15.6. The third-order valence-electron chi connectivity index (χ3n) is 2.43. The second-order valence-corrected chi connectivity index (χ2v) is 3.63. The van der Waals surface area contributed by atoms with E-state index in [2.05, 4.69) is 4.98 Å². The monoisotopic (exact) mass is 215 g/mol. The van der Waals surface area contributed by atoms with E-state index in [4.69, 9.17) is 4.42 Å². The highest BCUT2D eigenvalue weighted by Crippen LogP contribution is 2.20. The van der Waals surface area contributed by atoms with Crippen LogP contribution in [0.25, 0.3) is 11.5 Å². The lowest BCUT2D eigenvalue weighted by molar-refractivity contribution is 0.101. The Balaban J connectivity index is 2.40. The lowest BCUT2D eigenvalue weighted by Gasteiger charge is -1.98. The topological polar surface area (TPSA) is 43.1 Å². The molecule has 3 nitrogen and oxygen atoms in total. The van der Waals surface area contributed by atoms with Crippen LogP contribution in [0.15, 0.2) is 34.9 Å². The Morgan fingerprint density at radius 1 is 1.44 bits per heavy atom. The molecule has 1 aromatic heterocycles. The van der Waals surface area contributed by atoms with Crippen LogP contribution >= 0.6 is 0 Å². The molecule has 0 bridgehead atoms. The number of oxazole rings is 1. The molecular formula is C13H13NO2. The largest absolute Gasteiger partial charge is 0.444 e. The van der Waals surface area contributed by atoms with Gasteiger partial charge in [0.15, 0.2) is 5.78 Å². The molecule has 0 amide bonds. The van der Waals surface area contributed by atoms with Gasteiger partial charge in [-0.3, -0.25) is 4.79 Å². The van der Waals surface area contributed by atoms with Crippen molar-refractivity contribution < 1.29 is 9.21 Å². The molecule has 0 atom stereocenters. The summed E-state index contributed by atoms with van der Waals surface area (Å²) in [7, 11) is 0. The maximum absolute atomic E-state index is 11.2. The van der Waals surface area contributed by atoms with Gasteiger partial charge in [0.1, 0.15) is 6.26 Å². The number of hydrogen-bond donors (Lipinski definition) is 0. The summed E-state index contributed by atoms with van der Waals surface area (Å²) in [5.41, 5.74) is 2.43. The first-order chi connectivity index (χ1) is 7.70. The van der Waals surface area contributed by atoms with Crippen LogP contribution in [0.3, 0.4) is 0 Å². The highest BCUT2D eigenvalue weighted by atomic mass is 16.3. The number of carbonyl (C=O) groups is 1. The van der Waals surface area contributed by atoms with Crippen LogP contribution < -0.4 is 0 Å². The predicted molar refractivity (Wildman–Crippen MR) is 61.3 cm³/mol. The van der Waals surface area contributed by atoms with E-state index in [0.717, 1.165) is 17.7 Å². The summed E-state index contributed by atoms with van der Waals surface area (Å²) < 4.78 is 5.35. The van der Waals surface area contributed by atoms with Gasteiger partial charge in [0.25, 0.3) is 0 Å². The first-order valence-corrected chi connectivity index (χ1v) is 5.26. The molecule has 2 rings (SSSR count). The minimum Gasteiger partial charge on any atom is -0.444 e. The van der Waals surface area contributed by atoms with Crippen LogP contribution in [0.4, 0.5) is 0 Å². The number of benzene rings is 1. The molecule has 1 heterocycles. The van der Waals surface area contributed by atoms with Crippen molar-refractivity contribution in [1.29, 1.82) is 0 Å². The van der Waals surface area contributed by atoms with Gasteiger partial charge < -0.3 is 4.42 Å². The number of hydrogen-bond acceptors (Lipinski definition) is 3. The minimum absolute atomic E-state index is 0.0455. The average Bonchev–Trinajstić information content (AvgIpc) is 2.77. The normalized spacial score (nSPS) is 10.4. The van der Waals surface area contributed by atoms with Gasteiger partial charge in [0.05, 0.1) is 5.69 Å². The van der Waals surface area contributed by atoms with Crippen LogP contribution in [0.2, 0.25) is 0 Å². The highest BCUT2D eigenvalue weighted by molar-refractivity contribution is 5.95. The van der Waals surface area contributed by atoms with Crippen LogP contribution in [0.1, 0.15) is 29.9 Å². The number of aromatic nitrogens is 1. The van der Waals surface area contributed by atoms with Gasteiger partial charge in [-0.25, -0.2) is 4.98 Å². The summed E-state index contributed by atoms with van der Waals surface area (Å²) in [5, 5.41) is 0. The van der Waals surface area contributed by atoms with Crippen molar-refractivity contribution in [2.45, 2.75) is 20.3 Å². The Labute approximate surface area is 94.1 Å². The van der Waals surface area contributed by atoms with Crippen molar-refractivity contribution in [1.82, 2.24) is 4.98 Å². The second-order valence-electron chi connectivity index (χ2n) is 3.63. The van der Waals surface area contributed by atoms with Gasteiger partial charge in [-0.15, -0.1) is 0 Å². The zero-order valence-electron chi connectivity index (χ0n) is 9.36. The van der Waals surface area contributed by atoms with Gasteiger partial charge in [-0.05, 0) is 25.5 Å². The van der Waals surface area contributed by atoms with E-state index in [1.54, 1.807) is 25.3 Å². The van der Waals surface area contributed by atoms with Crippen molar-refractivity contribution in [2.75, 3.05) is 0 Å². The van der Waals surface area contributed by atoms with Crippen LogP contribution in [-0.2, 0) is 6.42 Å². The van der Waals surface area contributed by atoms with Crippen LogP contribution in [-0.4, -0.2) is 10.8 Å². The third kappa shape index (κ3) is 2.03. The first kappa shape index (κ1) is 10.6. The van der Waals surface area contributed by atoms with E-state index >= 15 is 0 Å². The lowest BCUT2D eigenvalue weighted by atomic mass is 10.1. The molecule has 2 aromatic rings. The molecule has 1 aromatic carbocycles. The summed E-state index contributed by atoms with van der Waals surface area (Å²) in [6.07, 6.45) is 2.49. The number of nitrogens with zero attached hydrogens (tertiary/aromatic N) is 1. The fraction of sp³-hybridized carbons (Fsp3) is 0.231. The fourth-order valence-corrected chi connectivity index (χ4v) is 1.47. The Morgan fingerprint density at radius 3 is 2.88 bits per heavy atom. The van der Waals surface area contributed by atoms with E-state index in [-0.39, 0.29) is 5.78 Å². The molecule has 0 unspecified atom stereocenters. The van der Waals surface area contributed by atoms with E-state index in [0.29, 0.717) is 11.5 Å². The molecule has 82 valence electrons. The molecule has 16 heavy (non-hydrogen) atoms. The molecule has 0 spiro atoms. The number of carbonyl (C=O) groups excluding carboxylic acids is 1.